The quantitative estimate of drug-likeness (QED) is 0.126. The molecule has 15 heteroatoms. The van der Waals surface area contributed by atoms with Gasteiger partial charge in [0.1, 0.15) is 36.6 Å². The number of hydrogen-bond acceptors (Lipinski definition) is 14. The van der Waals surface area contributed by atoms with Crippen LogP contribution < -0.4 is 34.0 Å². The molecule has 0 radical (unpaired) electrons. The summed E-state index contributed by atoms with van der Waals surface area (Å²) in [5, 5.41) is 43.1. The van der Waals surface area contributed by atoms with Crippen LogP contribution >= 0.6 is 0 Å². The summed E-state index contributed by atoms with van der Waals surface area (Å²) in [6, 6.07) is -3.73. The summed E-state index contributed by atoms with van der Waals surface area (Å²) < 4.78 is 23.2. The van der Waals surface area contributed by atoms with Gasteiger partial charge in [0, 0.05) is 18.7 Å². The molecule has 1 saturated carbocycles. The maximum absolute atomic E-state index is 12.6. The molecule has 1 amide bonds. The van der Waals surface area contributed by atoms with Crippen molar-refractivity contribution in [3.63, 3.8) is 0 Å². The van der Waals surface area contributed by atoms with Crippen LogP contribution in [0.2, 0.25) is 0 Å². The minimum atomic E-state index is -1.49. The van der Waals surface area contributed by atoms with E-state index < -0.39 is 85.7 Å². The largest absolute Gasteiger partial charge is 0.459 e. The van der Waals surface area contributed by atoms with Crippen molar-refractivity contribution in [1.82, 2.24) is 5.32 Å². The number of ether oxygens (including phenoxy) is 4. The van der Waals surface area contributed by atoms with Crippen molar-refractivity contribution < 1.29 is 44.2 Å². The van der Waals surface area contributed by atoms with Gasteiger partial charge in [-0.3, -0.25) is 4.79 Å². The fraction of sp³-hybridized carbons (Fsp3) is 0.773. The maximum Gasteiger partial charge on any atom is 0.280 e. The molecular weight excluding hydrogens is 492 g/mol. The Kier molecular flexibility index (Phi) is 10.6. The highest BCUT2D eigenvalue weighted by Gasteiger charge is 2.50. The van der Waals surface area contributed by atoms with Gasteiger partial charge in [-0.15, -0.1) is 0 Å². The van der Waals surface area contributed by atoms with E-state index in [0.717, 1.165) is 0 Å². The van der Waals surface area contributed by atoms with Gasteiger partial charge in [0.2, 0.25) is 5.91 Å². The van der Waals surface area contributed by atoms with E-state index in [1.807, 2.05) is 0 Å². The molecule has 0 aromatic carbocycles. The molecule has 12 atom stereocenters. The molecule has 2 fully saturated rings. The summed E-state index contributed by atoms with van der Waals surface area (Å²) in [7, 11) is 0. The van der Waals surface area contributed by atoms with Crippen molar-refractivity contribution in [2.24, 2.45) is 28.7 Å². The van der Waals surface area contributed by atoms with Crippen molar-refractivity contribution >= 4 is 5.91 Å². The van der Waals surface area contributed by atoms with Gasteiger partial charge in [-0.1, -0.05) is 6.08 Å². The maximum atomic E-state index is 12.6. The summed E-state index contributed by atoms with van der Waals surface area (Å²) in [6.07, 6.45) is -3.86. The van der Waals surface area contributed by atoms with Crippen LogP contribution in [0.25, 0.3) is 0 Å². The first-order chi connectivity index (χ1) is 17.6. The average molecular weight is 533 g/mol. The van der Waals surface area contributed by atoms with Crippen LogP contribution in [0.3, 0.4) is 0 Å². The summed E-state index contributed by atoms with van der Waals surface area (Å²) in [4.78, 5) is 12.6. The van der Waals surface area contributed by atoms with Gasteiger partial charge >= 0.3 is 0 Å². The van der Waals surface area contributed by atoms with Crippen molar-refractivity contribution in [2.75, 3.05) is 19.7 Å². The Morgan fingerprint density at radius 1 is 1.16 bits per heavy atom. The molecular formula is C22H40N6O9. The Morgan fingerprint density at radius 2 is 1.89 bits per heavy atom. The zero-order valence-electron chi connectivity index (χ0n) is 20.4. The topological polar surface area (TPSA) is 277 Å². The number of nitrogens with two attached hydrogens (primary N) is 5. The van der Waals surface area contributed by atoms with Gasteiger partial charge in [0.25, 0.3) is 5.95 Å². The highest BCUT2D eigenvalue weighted by Crippen LogP contribution is 2.30. The lowest BCUT2D eigenvalue weighted by molar-refractivity contribution is -0.297. The lowest BCUT2D eigenvalue weighted by Gasteiger charge is -2.47. The molecule has 0 aromatic rings. The van der Waals surface area contributed by atoms with Crippen LogP contribution in [0.15, 0.2) is 24.2 Å². The first-order valence-electron chi connectivity index (χ1n) is 12.3. The number of rotatable bonds is 10. The zero-order chi connectivity index (χ0) is 27.3. The highest BCUT2D eigenvalue weighted by molar-refractivity contribution is 5.80. The SMILES string of the molecule is NCC[C@H](O)C(=O)N[C@@H]1C[C@H](N)C(OC2=CC=C[C@@H](CN)O2)C(N)[C@H]1O[C@H]1OC(CO)[C@H](O)[C@H](N)C1O. The molecule has 15 N–H and O–H groups in total. The van der Waals surface area contributed by atoms with Crippen LogP contribution in [-0.2, 0) is 23.7 Å². The predicted octanol–water partition coefficient (Wildman–Crippen LogP) is -5.47. The molecule has 212 valence electrons. The van der Waals surface area contributed by atoms with Gasteiger partial charge in [0.15, 0.2) is 6.29 Å². The Labute approximate surface area is 214 Å². The lowest BCUT2D eigenvalue weighted by Crippen LogP contribution is -2.70. The molecule has 3 rings (SSSR count). The lowest BCUT2D eigenvalue weighted by atomic mass is 9.82. The second-order valence-electron chi connectivity index (χ2n) is 9.41. The molecule has 3 aliphatic rings. The van der Waals surface area contributed by atoms with Crippen molar-refractivity contribution in [3.8, 4) is 0 Å². The number of amides is 1. The van der Waals surface area contributed by atoms with Crippen LogP contribution in [-0.4, -0.2) is 119 Å². The normalized spacial score (nSPS) is 40.9. The third-order valence-electron chi connectivity index (χ3n) is 6.71. The molecule has 1 aliphatic carbocycles. The molecule has 2 heterocycles. The number of allylic oxidation sites excluding steroid dienone is 2. The van der Waals surface area contributed by atoms with E-state index in [0.29, 0.717) is 0 Å². The monoisotopic (exact) mass is 532 g/mol. The Hall–Kier alpha value is -1.89. The fourth-order valence-corrected chi connectivity index (χ4v) is 4.56. The second kappa shape index (κ2) is 13.3. The smallest absolute Gasteiger partial charge is 0.280 e. The Morgan fingerprint density at radius 3 is 2.54 bits per heavy atom. The second-order valence-corrected chi connectivity index (χ2v) is 9.41. The van der Waals surface area contributed by atoms with E-state index in [1.165, 1.54) is 0 Å². The van der Waals surface area contributed by atoms with Crippen molar-refractivity contribution in [3.05, 3.63) is 24.2 Å². The fourth-order valence-electron chi connectivity index (χ4n) is 4.56. The number of carbonyl (C=O) groups is 1. The molecule has 0 bridgehead atoms. The molecule has 2 aliphatic heterocycles. The molecule has 4 unspecified atom stereocenters. The number of aliphatic hydroxyl groups is 4. The van der Waals surface area contributed by atoms with Gasteiger partial charge in [-0.25, -0.2) is 0 Å². The third kappa shape index (κ3) is 6.96. The average Bonchev–Trinajstić information content (AvgIpc) is 2.88. The van der Waals surface area contributed by atoms with E-state index in [2.05, 4.69) is 5.32 Å². The number of hydrogen-bond donors (Lipinski definition) is 10. The zero-order valence-corrected chi connectivity index (χ0v) is 20.4. The summed E-state index contributed by atoms with van der Waals surface area (Å²) in [6.45, 7) is -0.270. The number of aliphatic hydroxyl groups excluding tert-OH is 4. The van der Waals surface area contributed by atoms with Gasteiger partial charge < -0.3 is 73.4 Å². The van der Waals surface area contributed by atoms with Crippen LogP contribution in [0.5, 0.6) is 0 Å². The third-order valence-corrected chi connectivity index (χ3v) is 6.71. The van der Waals surface area contributed by atoms with E-state index in [-0.39, 0.29) is 31.9 Å². The Balaban J connectivity index is 1.82. The van der Waals surface area contributed by atoms with Crippen molar-refractivity contribution in [1.29, 1.82) is 0 Å². The minimum Gasteiger partial charge on any atom is -0.459 e. The molecule has 0 aromatic heterocycles. The van der Waals surface area contributed by atoms with Gasteiger partial charge in [0.05, 0.1) is 30.8 Å². The number of carbonyl (C=O) groups excluding carboxylic acids is 1. The summed E-state index contributed by atoms with van der Waals surface area (Å²) in [5.74, 6) is -0.560. The molecule has 37 heavy (non-hydrogen) atoms. The van der Waals surface area contributed by atoms with Crippen molar-refractivity contribution in [2.45, 2.75) is 86.0 Å². The van der Waals surface area contributed by atoms with Crippen LogP contribution in [0, 0.1) is 0 Å². The van der Waals surface area contributed by atoms with Crippen LogP contribution in [0.1, 0.15) is 12.8 Å². The highest BCUT2D eigenvalue weighted by atomic mass is 16.7. The standard InChI is InChI=1S/C22H40N6O9/c23-5-4-12(30)21(33)28-11-6-10(25)19(36-14-3-1-2-9(7-24)34-14)16(27)20(11)37-22-18(32)15(26)17(31)13(8-29)35-22/h1-3,9-13,15-20,22,29-32H,4-8,23-27H2,(H,28,33)/t9-,10-,11+,12-,13?,15-,16?,17-,18?,19?,20-,22+/m0/s1. The van der Waals surface area contributed by atoms with E-state index in [1.54, 1.807) is 18.2 Å². The molecule has 1 saturated heterocycles. The first kappa shape index (κ1) is 29.7. The minimum absolute atomic E-state index is 0.0324. The van der Waals surface area contributed by atoms with Crippen LogP contribution in [0.4, 0.5) is 0 Å². The van der Waals surface area contributed by atoms with Gasteiger partial charge in [-0.2, -0.15) is 0 Å². The summed E-state index contributed by atoms with van der Waals surface area (Å²) >= 11 is 0. The predicted molar refractivity (Wildman–Crippen MR) is 129 cm³/mol. The summed E-state index contributed by atoms with van der Waals surface area (Å²) in [5.41, 5.74) is 29.9. The first-order valence-corrected chi connectivity index (χ1v) is 12.3. The van der Waals surface area contributed by atoms with Gasteiger partial charge in [-0.05, 0) is 25.5 Å². The molecule has 15 nitrogen and oxygen atoms in total. The van der Waals surface area contributed by atoms with E-state index >= 15 is 0 Å². The Bertz CT molecular complexity index is 818. The number of nitrogens with one attached hydrogen (secondary N) is 1. The van der Waals surface area contributed by atoms with E-state index in [9.17, 15) is 25.2 Å². The molecule has 0 spiro atoms. The van der Waals surface area contributed by atoms with E-state index in [4.69, 9.17) is 47.6 Å².